The van der Waals surface area contributed by atoms with Crippen LogP contribution >= 0.6 is 11.3 Å². The molecule has 0 bridgehead atoms. The van der Waals surface area contributed by atoms with E-state index in [1.165, 1.54) is 10.9 Å². The third-order valence-electron chi connectivity index (χ3n) is 5.16. The summed E-state index contributed by atoms with van der Waals surface area (Å²) in [7, 11) is 1.63. The average molecular weight is 416 g/mol. The maximum Gasteiger partial charge on any atom is 0.262 e. The first-order valence-electron chi connectivity index (χ1n) is 9.99. The molecule has 0 saturated heterocycles. The van der Waals surface area contributed by atoms with Crippen LogP contribution in [-0.4, -0.2) is 34.9 Å². The van der Waals surface area contributed by atoms with E-state index in [-0.39, 0.29) is 17.5 Å². The summed E-state index contributed by atoms with van der Waals surface area (Å²) in [5, 5.41) is 0.744. The predicted octanol–water partition coefficient (Wildman–Crippen LogP) is 2.66. The first-order chi connectivity index (χ1) is 14.1. The van der Waals surface area contributed by atoms with Crippen LogP contribution in [-0.2, 0) is 30.5 Å². The van der Waals surface area contributed by atoms with Crippen molar-refractivity contribution in [2.24, 2.45) is 0 Å². The van der Waals surface area contributed by atoms with Gasteiger partial charge in [-0.25, -0.2) is 4.98 Å². The Hall–Kier alpha value is -2.45. The summed E-state index contributed by atoms with van der Waals surface area (Å²) in [5.74, 6) is 0.975. The molecule has 0 aromatic carbocycles. The number of hydrogen-bond acceptors (Lipinski definition) is 6. The molecule has 1 aliphatic rings. The number of hydrogen-bond donors (Lipinski definition) is 1. The van der Waals surface area contributed by atoms with Gasteiger partial charge in [-0.1, -0.05) is 6.92 Å². The number of aryl methyl sites for hydroxylation is 2. The number of nitrogens with one attached hydrogen (secondary N) is 1. The lowest BCUT2D eigenvalue weighted by molar-refractivity contribution is 0.199. The normalized spacial score (nSPS) is 13.2. The van der Waals surface area contributed by atoms with Crippen LogP contribution in [0, 0.1) is 0 Å². The highest BCUT2D eigenvalue weighted by atomic mass is 32.1. The van der Waals surface area contributed by atoms with Gasteiger partial charge in [0, 0.05) is 36.4 Å². The van der Waals surface area contributed by atoms with Crippen LogP contribution in [0.15, 0.2) is 21.9 Å². The van der Waals surface area contributed by atoms with Crippen LogP contribution in [0.4, 0.5) is 0 Å². The van der Waals surface area contributed by atoms with Gasteiger partial charge in [-0.3, -0.25) is 14.2 Å². The molecule has 7 nitrogen and oxygen atoms in total. The van der Waals surface area contributed by atoms with E-state index in [2.05, 4.69) is 4.98 Å². The van der Waals surface area contributed by atoms with E-state index < -0.39 is 0 Å². The molecule has 3 heterocycles. The van der Waals surface area contributed by atoms with Gasteiger partial charge < -0.3 is 14.5 Å². The number of fused-ring (bicyclic) bond motifs is 3. The highest BCUT2D eigenvalue weighted by molar-refractivity contribution is 7.18. The van der Waals surface area contributed by atoms with Crippen molar-refractivity contribution >= 4 is 21.6 Å². The number of pyridine rings is 1. The lowest BCUT2D eigenvalue weighted by atomic mass is 10.2. The largest absolute Gasteiger partial charge is 0.488 e. The summed E-state index contributed by atoms with van der Waals surface area (Å²) in [5.41, 5.74) is 1.58. The fourth-order valence-corrected chi connectivity index (χ4v) is 5.02. The molecule has 1 N–H and O–H groups in total. The highest BCUT2D eigenvalue weighted by Crippen LogP contribution is 2.34. The van der Waals surface area contributed by atoms with Crippen molar-refractivity contribution in [2.45, 2.75) is 45.6 Å². The number of methoxy groups -OCH3 is 1. The molecule has 0 amide bonds. The van der Waals surface area contributed by atoms with Crippen molar-refractivity contribution in [3.8, 4) is 5.75 Å². The molecule has 1 aliphatic carbocycles. The lowest BCUT2D eigenvalue weighted by Gasteiger charge is -2.13. The standard InChI is InChI=1S/C21H25N3O4S/c1-3-8-28-16-11-22-13(10-15(16)25)12-24-18(7-9-27-2)23-20-19(21(24)26)14-5-4-6-17(14)29-20/h10-11H,3-9,12H2,1-2H3,(H,22,25). The van der Waals surface area contributed by atoms with Gasteiger partial charge in [-0.2, -0.15) is 0 Å². The molecule has 154 valence electrons. The number of nitrogens with zero attached hydrogens (tertiary/aromatic N) is 2. The van der Waals surface area contributed by atoms with Crippen molar-refractivity contribution in [1.29, 1.82) is 0 Å². The minimum atomic E-state index is -0.191. The molecule has 29 heavy (non-hydrogen) atoms. The average Bonchev–Trinajstić information content (AvgIpc) is 3.29. The highest BCUT2D eigenvalue weighted by Gasteiger charge is 2.23. The molecule has 0 aliphatic heterocycles. The van der Waals surface area contributed by atoms with Crippen LogP contribution in [0.3, 0.4) is 0 Å². The summed E-state index contributed by atoms with van der Waals surface area (Å²) in [4.78, 5) is 35.7. The zero-order chi connectivity index (χ0) is 20.4. The Balaban J connectivity index is 1.75. The van der Waals surface area contributed by atoms with Gasteiger partial charge in [0.1, 0.15) is 10.7 Å². The zero-order valence-corrected chi connectivity index (χ0v) is 17.6. The Labute approximate surface area is 172 Å². The smallest absolute Gasteiger partial charge is 0.262 e. The molecule has 0 radical (unpaired) electrons. The van der Waals surface area contributed by atoms with Crippen molar-refractivity contribution in [3.63, 3.8) is 0 Å². The second-order valence-corrected chi connectivity index (χ2v) is 8.32. The van der Waals surface area contributed by atoms with E-state index in [0.29, 0.717) is 36.9 Å². The third-order valence-corrected chi connectivity index (χ3v) is 6.35. The Morgan fingerprint density at radius 3 is 2.90 bits per heavy atom. The van der Waals surface area contributed by atoms with Crippen LogP contribution in [0.25, 0.3) is 10.2 Å². The summed E-state index contributed by atoms with van der Waals surface area (Å²) in [6.45, 7) is 3.21. The monoisotopic (exact) mass is 415 g/mol. The molecular formula is C21H25N3O4S. The van der Waals surface area contributed by atoms with Crippen LogP contribution in [0.2, 0.25) is 0 Å². The molecule has 3 aromatic heterocycles. The molecule has 8 heteroatoms. The van der Waals surface area contributed by atoms with Gasteiger partial charge in [-0.05, 0) is 31.2 Å². The molecule has 0 fully saturated rings. The summed E-state index contributed by atoms with van der Waals surface area (Å²) < 4.78 is 12.3. The molecule has 0 atom stereocenters. The maximum absolute atomic E-state index is 13.4. The van der Waals surface area contributed by atoms with E-state index in [4.69, 9.17) is 14.5 Å². The van der Waals surface area contributed by atoms with Crippen molar-refractivity contribution in [2.75, 3.05) is 20.3 Å². The number of rotatable bonds is 8. The van der Waals surface area contributed by atoms with Gasteiger partial charge in [0.25, 0.3) is 5.56 Å². The molecule has 0 spiro atoms. The lowest BCUT2D eigenvalue weighted by Crippen LogP contribution is -2.27. The molecular weight excluding hydrogens is 390 g/mol. The minimum absolute atomic E-state index is 0.0346. The van der Waals surface area contributed by atoms with E-state index in [0.717, 1.165) is 41.5 Å². The second-order valence-electron chi connectivity index (χ2n) is 7.23. The Morgan fingerprint density at radius 2 is 2.14 bits per heavy atom. The molecule has 4 rings (SSSR count). The van der Waals surface area contributed by atoms with Gasteiger partial charge in [0.05, 0.1) is 25.1 Å². The van der Waals surface area contributed by atoms with Crippen molar-refractivity contribution < 1.29 is 9.47 Å². The van der Waals surface area contributed by atoms with Gasteiger partial charge in [-0.15, -0.1) is 11.3 Å². The molecule has 3 aromatic rings. The Kier molecular flexibility index (Phi) is 5.82. The van der Waals surface area contributed by atoms with Crippen LogP contribution in [0.5, 0.6) is 5.75 Å². The van der Waals surface area contributed by atoms with E-state index >= 15 is 0 Å². The van der Waals surface area contributed by atoms with E-state index in [1.54, 1.807) is 29.2 Å². The fraction of sp³-hybridized carbons (Fsp3) is 0.476. The van der Waals surface area contributed by atoms with Gasteiger partial charge in [0.2, 0.25) is 5.43 Å². The maximum atomic E-state index is 13.4. The first kappa shape index (κ1) is 19.8. The van der Waals surface area contributed by atoms with Crippen LogP contribution in [0.1, 0.15) is 41.7 Å². The van der Waals surface area contributed by atoms with E-state index in [1.807, 2.05) is 6.92 Å². The number of thiophene rings is 1. The fourth-order valence-electron chi connectivity index (χ4n) is 3.75. The quantitative estimate of drug-likeness (QED) is 0.611. The number of aromatic nitrogens is 3. The first-order valence-corrected chi connectivity index (χ1v) is 10.8. The van der Waals surface area contributed by atoms with Crippen molar-refractivity contribution in [3.05, 3.63) is 54.8 Å². The van der Waals surface area contributed by atoms with E-state index in [9.17, 15) is 9.59 Å². The summed E-state index contributed by atoms with van der Waals surface area (Å²) >= 11 is 1.64. The Morgan fingerprint density at radius 1 is 1.28 bits per heavy atom. The SMILES string of the molecule is CCCOc1c[nH]c(Cn2c(CCOC)nc3sc4c(c3c2=O)CCC4)cc1=O. The molecule has 0 unspecified atom stereocenters. The van der Waals surface area contributed by atoms with Crippen molar-refractivity contribution in [1.82, 2.24) is 14.5 Å². The van der Waals surface area contributed by atoms with Crippen LogP contribution < -0.4 is 15.7 Å². The third kappa shape index (κ3) is 3.86. The van der Waals surface area contributed by atoms with Gasteiger partial charge in [0.15, 0.2) is 5.75 Å². The Bertz CT molecular complexity index is 1150. The topological polar surface area (TPSA) is 86.2 Å². The number of aromatic amines is 1. The second kappa shape index (κ2) is 8.51. The predicted molar refractivity (Wildman–Crippen MR) is 113 cm³/mol. The number of H-pyrrole nitrogens is 1. The number of ether oxygens (including phenoxy) is 2. The summed E-state index contributed by atoms with van der Waals surface area (Å²) in [6.07, 6.45) is 5.98. The molecule has 0 saturated carbocycles. The zero-order valence-electron chi connectivity index (χ0n) is 16.7. The minimum Gasteiger partial charge on any atom is -0.488 e. The van der Waals surface area contributed by atoms with Gasteiger partial charge >= 0.3 is 0 Å². The summed E-state index contributed by atoms with van der Waals surface area (Å²) in [6, 6.07) is 1.50.